The Hall–Kier alpha value is -3.49. The molecule has 1 aliphatic heterocycles. The van der Waals surface area contributed by atoms with Gasteiger partial charge in [-0.15, -0.1) is 5.10 Å². The second-order valence-corrected chi connectivity index (χ2v) is 10.9. The largest absolute Gasteiger partial charge is 0.345 e. The average molecular weight is 545 g/mol. The Morgan fingerprint density at radius 3 is 2.39 bits per heavy atom. The Morgan fingerprint density at radius 1 is 0.947 bits per heavy atom. The first kappa shape index (κ1) is 24.8. The van der Waals surface area contributed by atoms with Crippen LogP contribution in [0, 0.1) is 6.92 Å². The fraction of sp³-hybridized carbons (Fsp3) is 0.200. The minimum atomic E-state index is -2.45. The quantitative estimate of drug-likeness (QED) is 0.173. The molecule has 4 nitrogen and oxygen atoms in total. The van der Waals surface area contributed by atoms with E-state index in [-0.39, 0.29) is 0 Å². The van der Waals surface area contributed by atoms with Crippen LogP contribution in [0.3, 0.4) is 0 Å². The predicted octanol–water partition coefficient (Wildman–Crippen LogP) is 8.22. The molecule has 192 valence electrons. The third-order valence-electron chi connectivity index (χ3n) is 6.91. The molecule has 0 spiro atoms. The van der Waals surface area contributed by atoms with E-state index < -0.39 is 5.76 Å². The van der Waals surface area contributed by atoms with Crippen molar-refractivity contribution in [2.75, 3.05) is 5.32 Å². The predicted molar refractivity (Wildman–Crippen MR) is 155 cm³/mol. The fourth-order valence-electron chi connectivity index (χ4n) is 5.19. The van der Waals surface area contributed by atoms with Crippen molar-refractivity contribution in [1.82, 2.24) is 14.2 Å². The molecule has 0 amide bonds. The molecule has 38 heavy (non-hydrogen) atoms. The smallest absolute Gasteiger partial charge is 0.288 e. The van der Waals surface area contributed by atoms with Crippen molar-refractivity contribution in [3.63, 3.8) is 0 Å². The Morgan fingerprint density at radius 2 is 1.68 bits per heavy atom. The molecule has 0 saturated heterocycles. The number of hydrogen-bond donors (Lipinski definition) is 1. The third-order valence-corrected chi connectivity index (χ3v) is 7.93. The molecule has 6 rings (SSSR count). The topological polar surface area (TPSA) is 34.3 Å². The van der Waals surface area contributed by atoms with Crippen LogP contribution in [-0.4, -0.2) is 24.9 Å². The number of halogens is 2. The van der Waals surface area contributed by atoms with Crippen molar-refractivity contribution in [3.8, 4) is 22.5 Å². The average Bonchev–Trinajstić information content (AvgIpc) is 3.33. The number of aryl methyl sites for hydroxylation is 3. The van der Waals surface area contributed by atoms with Crippen molar-refractivity contribution < 1.29 is 8.78 Å². The van der Waals surface area contributed by atoms with Crippen LogP contribution >= 0.6 is 24.0 Å². The summed E-state index contributed by atoms with van der Waals surface area (Å²) in [6.45, 7) is 2.97. The van der Waals surface area contributed by atoms with Gasteiger partial charge in [0.1, 0.15) is 16.3 Å². The zero-order valence-corrected chi connectivity index (χ0v) is 22.5. The summed E-state index contributed by atoms with van der Waals surface area (Å²) in [7, 11) is 0. The zero-order valence-electron chi connectivity index (χ0n) is 20.8. The minimum Gasteiger partial charge on any atom is -0.345 e. The first-order valence-corrected chi connectivity index (χ1v) is 13.9. The van der Waals surface area contributed by atoms with Gasteiger partial charge in [0, 0.05) is 33.8 Å². The summed E-state index contributed by atoms with van der Waals surface area (Å²) in [5.74, 6) is -1.52. The minimum absolute atomic E-state index is 0.512. The fourth-order valence-corrected chi connectivity index (χ4v) is 6.00. The number of hydrogen-bond acceptors (Lipinski definition) is 3. The molecule has 0 atom stereocenters. The number of nitrogens with one attached hydrogen (secondary N) is 1. The highest BCUT2D eigenvalue weighted by molar-refractivity contribution is 7.99. The van der Waals surface area contributed by atoms with Crippen LogP contribution in [0.25, 0.3) is 28.2 Å². The number of aromatic nitrogens is 3. The number of alkyl halides is 2. The lowest BCUT2D eigenvalue weighted by molar-refractivity contribution is 0.252. The van der Waals surface area contributed by atoms with Crippen LogP contribution in [0.5, 0.6) is 0 Å². The maximum absolute atomic E-state index is 12.8. The molecule has 0 aliphatic carbocycles. The van der Waals surface area contributed by atoms with E-state index in [0.29, 0.717) is 21.6 Å². The lowest BCUT2D eigenvalue weighted by Crippen LogP contribution is -2.15. The molecule has 1 aliphatic rings. The molecule has 0 fully saturated rings. The van der Waals surface area contributed by atoms with Crippen LogP contribution in [0.1, 0.15) is 29.7 Å². The third kappa shape index (κ3) is 4.63. The molecular formula is C30H26F2N4S2. The highest BCUT2D eigenvalue weighted by Gasteiger charge is 2.29. The van der Waals surface area contributed by atoms with Crippen molar-refractivity contribution in [2.24, 2.45) is 0 Å². The normalized spacial score (nSPS) is 13.2. The van der Waals surface area contributed by atoms with E-state index >= 15 is 0 Å². The summed E-state index contributed by atoms with van der Waals surface area (Å²) >= 11 is 6.56. The SMILES string of the molecule is Cc1ccc(-c2c3c4n(c(-c5ccccc5)nn4c2C(=S)Nc2ccc(SC(F)F)cc2)CCCC3)cc1. The van der Waals surface area contributed by atoms with Gasteiger partial charge in [0.25, 0.3) is 5.76 Å². The van der Waals surface area contributed by atoms with Crippen molar-refractivity contribution in [2.45, 2.75) is 43.4 Å². The van der Waals surface area contributed by atoms with E-state index in [9.17, 15) is 8.78 Å². The monoisotopic (exact) mass is 544 g/mol. The number of thiocarbonyl (C=S) groups is 1. The number of nitrogens with zero attached hydrogens (tertiary/aromatic N) is 3. The van der Waals surface area contributed by atoms with E-state index in [1.165, 1.54) is 11.1 Å². The van der Waals surface area contributed by atoms with Crippen LogP contribution < -0.4 is 5.32 Å². The summed E-state index contributed by atoms with van der Waals surface area (Å²) in [4.78, 5) is 1.05. The number of benzene rings is 3. The second kappa shape index (κ2) is 10.3. The highest BCUT2D eigenvalue weighted by atomic mass is 32.2. The zero-order chi connectivity index (χ0) is 26.2. The van der Waals surface area contributed by atoms with Crippen LogP contribution in [-0.2, 0) is 13.0 Å². The second-order valence-electron chi connectivity index (χ2n) is 9.46. The number of thioether (sulfide) groups is 1. The Kier molecular flexibility index (Phi) is 6.76. The molecule has 0 bridgehead atoms. The Balaban J connectivity index is 1.51. The number of anilines is 1. The molecule has 0 saturated carbocycles. The lowest BCUT2D eigenvalue weighted by Gasteiger charge is -2.12. The molecule has 3 heterocycles. The van der Waals surface area contributed by atoms with Gasteiger partial charge in [-0.25, -0.2) is 4.52 Å². The van der Waals surface area contributed by atoms with E-state index in [4.69, 9.17) is 17.3 Å². The van der Waals surface area contributed by atoms with Crippen molar-refractivity contribution in [1.29, 1.82) is 0 Å². The first-order chi connectivity index (χ1) is 18.5. The molecule has 3 aromatic carbocycles. The van der Waals surface area contributed by atoms with Crippen LogP contribution in [0.15, 0.2) is 83.8 Å². The molecule has 0 unspecified atom stereocenters. The van der Waals surface area contributed by atoms with E-state index in [1.807, 2.05) is 22.7 Å². The van der Waals surface area contributed by atoms with Crippen LogP contribution in [0.4, 0.5) is 14.5 Å². The van der Waals surface area contributed by atoms with Crippen LogP contribution in [0.2, 0.25) is 0 Å². The molecular weight excluding hydrogens is 518 g/mol. The molecule has 5 aromatic rings. The maximum Gasteiger partial charge on any atom is 0.288 e. The first-order valence-electron chi connectivity index (χ1n) is 12.6. The number of rotatable bonds is 6. The van der Waals surface area contributed by atoms with Gasteiger partial charge in [0.2, 0.25) is 0 Å². The van der Waals surface area contributed by atoms with Gasteiger partial charge < -0.3 is 9.88 Å². The van der Waals surface area contributed by atoms with Gasteiger partial charge in [-0.1, -0.05) is 84.1 Å². The molecule has 1 N–H and O–H groups in total. The highest BCUT2D eigenvalue weighted by Crippen LogP contribution is 2.39. The van der Waals surface area contributed by atoms with Crippen molar-refractivity contribution in [3.05, 3.63) is 95.7 Å². The lowest BCUT2D eigenvalue weighted by atomic mass is 9.97. The van der Waals surface area contributed by atoms with Gasteiger partial charge >= 0.3 is 0 Å². The summed E-state index contributed by atoms with van der Waals surface area (Å²) in [5.41, 5.74) is 8.40. The van der Waals surface area contributed by atoms with E-state index in [2.05, 4.69) is 53.2 Å². The molecule has 8 heteroatoms. The Labute approximate surface area is 229 Å². The summed E-state index contributed by atoms with van der Waals surface area (Å²) in [5, 5.41) is 8.49. The van der Waals surface area contributed by atoms with Gasteiger partial charge in [-0.3, -0.25) is 0 Å². The van der Waals surface area contributed by atoms with E-state index in [0.717, 1.165) is 65.4 Å². The van der Waals surface area contributed by atoms with E-state index in [1.54, 1.807) is 24.3 Å². The van der Waals surface area contributed by atoms with Crippen molar-refractivity contribution >= 4 is 40.3 Å². The molecule has 0 radical (unpaired) electrons. The van der Waals surface area contributed by atoms with Gasteiger partial charge in [-0.05, 0) is 56.0 Å². The maximum atomic E-state index is 12.8. The Bertz CT molecular complexity index is 1600. The summed E-state index contributed by atoms with van der Waals surface area (Å²) < 4.78 is 29.9. The molecule has 2 aromatic heterocycles. The van der Waals surface area contributed by atoms with Gasteiger partial charge in [0.05, 0.1) is 0 Å². The standard InChI is InChI=1S/C30H26F2N4S2/c1-19-10-12-20(13-11-19)25-24-9-5-6-18-35-27(21-7-3-2-4-8-21)34-36(29(24)35)26(25)28(37)33-22-14-16-23(17-15-22)38-30(31)32/h2-4,7-8,10-17,30H,5-6,9,18H2,1H3,(H,33,37). The van der Waals surface area contributed by atoms with Gasteiger partial charge in [0.15, 0.2) is 5.82 Å². The summed E-state index contributed by atoms with van der Waals surface area (Å²) in [6, 6.07) is 25.7. The van der Waals surface area contributed by atoms with Gasteiger partial charge in [-0.2, -0.15) is 8.78 Å². The summed E-state index contributed by atoms with van der Waals surface area (Å²) in [6.07, 6.45) is 3.10.